The number of hydrogen-bond acceptors (Lipinski definition) is 4. The van der Waals surface area contributed by atoms with Gasteiger partial charge in [0.1, 0.15) is 11.3 Å². The summed E-state index contributed by atoms with van der Waals surface area (Å²) in [7, 11) is 0. The number of nitrogens with one attached hydrogen (secondary N) is 1. The van der Waals surface area contributed by atoms with Crippen molar-refractivity contribution in [2.75, 3.05) is 6.61 Å². The number of benzene rings is 1. The third-order valence-corrected chi connectivity index (χ3v) is 5.09. The minimum absolute atomic E-state index is 0.202. The predicted octanol–water partition coefficient (Wildman–Crippen LogP) is 3.42. The number of aromatic nitrogens is 1. The molecule has 0 fully saturated rings. The maximum absolute atomic E-state index is 11.9. The smallest absolute Gasteiger partial charge is 0.330 e. The van der Waals surface area contributed by atoms with Crippen LogP contribution in [-0.2, 0) is 28.9 Å². The van der Waals surface area contributed by atoms with E-state index in [1.807, 2.05) is 36.5 Å². The van der Waals surface area contributed by atoms with E-state index in [0.717, 1.165) is 17.7 Å². The van der Waals surface area contributed by atoms with E-state index in [4.69, 9.17) is 4.74 Å². The van der Waals surface area contributed by atoms with E-state index in [9.17, 15) is 14.7 Å². The summed E-state index contributed by atoms with van der Waals surface area (Å²) in [5.41, 5.74) is 1.67. The highest BCUT2D eigenvalue weighted by molar-refractivity contribution is 5.86. The van der Waals surface area contributed by atoms with Crippen molar-refractivity contribution in [3.63, 3.8) is 0 Å². The Kier molecular flexibility index (Phi) is 7.76. The van der Waals surface area contributed by atoms with Gasteiger partial charge in [-0.15, -0.1) is 0 Å². The summed E-state index contributed by atoms with van der Waals surface area (Å²) in [6, 6.07) is 11.4. The van der Waals surface area contributed by atoms with Crippen molar-refractivity contribution in [3.8, 4) is 5.75 Å². The van der Waals surface area contributed by atoms with Crippen LogP contribution >= 0.6 is 0 Å². The molecule has 0 saturated heterocycles. The maximum atomic E-state index is 11.9. The van der Waals surface area contributed by atoms with Crippen LogP contribution in [0.2, 0.25) is 0 Å². The lowest BCUT2D eigenvalue weighted by molar-refractivity contribution is -0.149. The van der Waals surface area contributed by atoms with Gasteiger partial charge in [0.05, 0.1) is 6.61 Å². The van der Waals surface area contributed by atoms with Gasteiger partial charge in [0, 0.05) is 31.7 Å². The summed E-state index contributed by atoms with van der Waals surface area (Å²) in [5, 5.41) is 12.4. The second-order valence-electron chi connectivity index (χ2n) is 7.54. The Morgan fingerprint density at radius 3 is 2.28 bits per heavy atom. The van der Waals surface area contributed by atoms with Gasteiger partial charge in [0.25, 0.3) is 0 Å². The highest BCUT2D eigenvalue weighted by atomic mass is 16.5. The lowest BCUT2D eigenvalue weighted by Gasteiger charge is -2.34. The van der Waals surface area contributed by atoms with E-state index in [-0.39, 0.29) is 18.2 Å². The molecule has 2 aromatic rings. The molecule has 0 saturated carbocycles. The van der Waals surface area contributed by atoms with Gasteiger partial charge in [0.15, 0.2) is 0 Å². The topological polar surface area (TPSA) is 88.5 Å². The number of pyridine rings is 1. The van der Waals surface area contributed by atoms with Crippen LogP contribution in [0.15, 0.2) is 42.6 Å². The van der Waals surface area contributed by atoms with E-state index < -0.39 is 11.5 Å². The minimum Gasteiger partial charge on any atom is -0.493 e. The van der Waals surface area contributed by atoms with E-state index in [2.05, 4.69) is 23.3 Å². The summed E-state index contributed by atoms with van der Waals surface area (Å²) < 4.78 is 5.79. The molecule has 29 heavy (non-hydrogen) atoms. The van der Waals surface area contributed by atoms with Crippen molar-refractivity contribution in [2.24, 2.45) is 5.92 Å². The summed E-state index contributed by atoms with van der Waals surface area (Å²) in [6.07, 6.45) is 3.78. The second kappa shape index (κ2) is 10.0. The molecular weight excluding hydrogens is 368 g/mol. The zero-order valence-corrected chi connectivity index (χ0v) is 17.6. The summed E-state index contributed by atoms with van der Waals surface area (Å²) in [6.45, 7) is 7.53. The fourth-order valence-corrected chi connectivity index (χ4v) is 3.19. The van der Waals surface area contributed by atoms with Crippen molar-refractivity contribution in [3.05, 3.63) is 59.4 Å². The monoisotopic (exact) mass is 398 g/mol. The SMILES string of the molecule is CCc1ccc(CCOc2ccc(CC(NC(C)=O)(C(=O)O)C(C)C)cc2)nc1. The number of nitrogens with zero attached hydrogens (tertiary/aromatic N) is 1. The molecule has 1 aromatic heterocycles. The number of carbonyl (C=O) groups excluding carboxylic acids is 1. The molecule has 2 rings (SSSR count). The summed E-state index contributed by atoms with van der Waals surface area (Å²) in [5.74, 6) is -0.957. The highest BCUT2D eigenvalue weighted by Gasteiger charge is 2.42. The Morgan fingerprint density at radius 2 is 1.79 bits per heavy atom. The number of rotatable bonds is 10. The first kappa shape index (κ1) is 22.4. The molecule has 2 N–H and O–H groups in total. The lowest BCUT2D eigenvalue weighted by Crippen LogP contribution is -2.59. The number of carboxylic acid groups (broad SMARTS) is 1. The van der Waals surface area contributed by atoms with E-state index in [1.165, 1.54) is 12.5 Å². The van der Waals surface area contributed by atoms with Crippen LogP contribution in [0, 0.1) is 5.92 Å². The standard InChI is InChI=1S/C23H30N2O4/c1-5-18-6-9-20(24-15-18)12-13-29-21-10-7-19(8-11-21)14-23(16(2)3,22(27)28)25-17(4)26/h6-11,15-16H,5,12-14H2,1-4H3,(H,25,26)(H,27,28). The molecule has 6 nitrogen and oxygen atoms in total. The second-order valence-corrected chi connectivity index (χ2v) is 7.54. The number of aliphatic carboxylic acids is 1. The normalized spacial score (nSPS) is 13.0. The van der Waals surface area contributed by atoms with Crippen LogP contribution in [0.4, 0.5) is 0 Å². The third-order valence-electron chi connectivity index (χ3n) is 5.09. The minimum atomic E-state index is -1.34. The van der Waals surface area contributed by atoms with Gasteiger partial charge in [-0.3, -0.25) is 9.78 Å². The number of hydrogen-bond donors (Lipinski definition) is 2. The van der Waals surface area contributed by atoms with Crippen molar-refractivity contribution in [1.82, 2.24) is 10.3 Å². The fourth-order valence-electron chi connectivity index (χ4n) is 3.19. The van der Waals surface area contributed by atoms with Crippen LogP contribution in [0.25, 0.3) is 0 Å². The average molecular weight is 399 g/mol. The molecule has 1 heterocycles. The summed E-state index contributed by atoms with van der Waals surface area (Å²) >= 11 is 0. The van der Waals surface area contributed by atoms with Crippen molar-refractivity contribution < 1.29 is 19.4 Å². The molecule has 0 spiro atoms. The molecule has 0 aliphatic heterocycles. The van der Waals surface area contributed by atoms with Crippen LogP contribution < -0.4 is 10.1 Å². The Hall–Kier alpha value is -2.89. The van der Waals surface area contributed by atoms with Gasteiger partial charge in [-0.2, -0.15) is 0 Å². The van der Waals surface area contributed by atoms with E-state index in [1.54, 1.807) is 13.8 Å². The van der Waals surface area contributed by atoms with Crippen LogP contribution in [0.1, 0.15) is 44.5 Å². The fraction of sp³-hybridized carbons (Fsp3) is 0.435. The lowest BCUT2D eigenvalue weighted by atomic mass is 9.80. The third kappa shape index (κ3) is 6.04. The zero-order chi connectivity index (χ0) is 21.4. The van der Waals surface area contributed by atoms with Crippen LogP contribution in [0.5, 0.6) is 5.75 Å². The molecule has 156 valence electrons. The molecule has 0 aliphatic carbocycles. The van der Waals surface area contributed by atoms with E-state index >= 15 is 0 Å². The first-order valence-electron chi connectivity index (χ1n) is 9.94. The molecule has 0 bridgehead atoms. The molecular formula is C23H30N2O4. The molecule has 1 atom stereocenters. The Bertz CT molecular complexity index is 816. The average Bonchev–Trinajstić information content (AvgIpc) is 2.68. The van der Waals surface area contributed by atoms with Crippen molar-refractivity contribution >= 4 is 11.9 Å². The number of carboxylic acids is 1. The van der Waals surface area contributed by atoms with E-state index in [0.29, 0.717) is 18.8 Å². The highest BCUT2D eigenvalue weighted by Crippen LogP contribution is 2.25. The largest absolute Gasteiger partial charge is 0.493 e. The van der Waals surface area contributed by atoms with Crippen LogP contribution in [-0.4, -0.2) is 34.1 Å². The van der Waals surface area contributed by atoms with Gasteiger partial charge < -0.3 is 15.2 Å². The number of carbonyl (C=O) groups is 2. The first-order valence-corrected chi connectivity index (χ1v) is 9.94. The van der Waals surface area contributed by atoms with Gasteiger partial charge in [0.2, 0.25) is 5.91 Å². The molecule has 1 amide bonds. The number of ether oxygens (including phenoxy) is 1. The Labute approximate surface area is 172 Å². The predicted molar refractivity (Wildman–Crippen MR) is 112 cm³/mol. The molecule has 6 heteroatoms. The quantitative estimate of drug-likeness (QED) is 0.640. The molecule has 1 unspecified atom stereocenters. The molecule has 1 aromatic carbocycles. The number of amides is 1. The zero-order valence-electron chi connectivity index (χ0n) is 17.6. The Morgan fingerprint density at radius 1 is 1.14 bits per heavy atom. The van der Waals surface area contributed by atoms with Gasteiger partial charge >= 0.3 is 5.97 Å². The van der Waals surface area contributed by atoms with Crippen molar-refractivity contribution in [1.29, 1.82) is 0 Å². The van der Waals surface area contributed by atoms with Gasteiger partial charge in [-0.25, -0.2) is 4.79 Å². The number of aryl methyl sites for hydroxylation is 1. The molecule has 0 radical (unpaired) electrons. The maximum Gasteiger partial charge on any atom is 0.330 e. The van der Waals surface area contributed by atoms with Gasteiger partial charge in [-0.1, -0.05) is 39.0 Å². The van der Waals surface area contributed by atoms with Crippen molar-refractivity contribution in [2.45, 2.75) is 52.5 Å². The Balaban J connectivity index is 1.99. The molecule has 0 aliphatic rings. The summed E-state index contributed by atoms with van der Waals surface area (Å²) in [4.78, 5) is 27.9. The van der Waals surface area contributed by atoms with Gasteiger partial charge in [-0.05, 0) is 41.7 Å². The first-order chi connectivity index (χ1) is 13.8. The van der Waals surface area contributed by atoms with Crippen LogP contribution in [0.3, 0.4) is 0 Å².